The number of aromatic nitrogens is 1. The first-order valence-electron chi connectivity index (χ1n) is 9.49. The van der Waals surface area contributed by atoms with Gasteiger partial charge in [-0.05, 0) is 36.8 Å². The molecule has 1 aliphatic rings. The highest BCUT2D eigenvalue weighted by molar-refractivity contribution is 6.16. The number of nitrogens with one attached hydrogen (secondary N) is 1. The largest absolute Gasteiger partial charge is 0.329 e. The van der Waals surface area contributed by atoms with Crippen molar-refractivity contribution in [3.05, 3.63) is 95.3 Å². The molecule has 1 aliphatic heterocycles. The molecule has 3 amide bonds. The number of urea groups is 1. The lowest BCUT2D eigenvalue weighted by Gasteiger charge is -2.39. The van der Waals surface area contributed by atoms with Gasteiger partial charge in [0.05, 0.1) is 12.0 Å². The second-order valence-corrected chi connectivity index (χ2v) is 7.31. The normalized spacial score (nSPS) is 18.2. The van der Waals surface area contributed by atoms with Gasteiger partial charge in [-0.15, -0.1) is 0 Å². The Labute approximate surface area is 177 Å². The Hall–Kier alpha value is -4.05. The number of carbonyl (C=O) groups is 2. The lowest BCUT2D eigenvalue weighted by molar-refractivity contribution is -0.120. The number of halogens is 2. The Morgan fingerprint density at radius 1 is 1.00 bits per heavy atom. The summed E-state index contributed by atoms with van der Waals surface area (Å²) in [5, 5.41) is 2.70. The molecular formula is C24H17F2N3O2. The number of rotatable bonds is 2. The summed E-state index contributed by atoms with van der Waals surface area (Å²) < 4.78 is 29.6. The van der Waals surface area contributed by atoms with E-state index < -0.39 is 34.8 Å². The molecule has 5 nitrogen and oxygen atoms in total. The highest BCUT2D eigenvalue weighted by Crippen LogP contribution is 2.33. The summed E-state index contributed by atoms with van der Waals surface area (Å²) in [6.45, 7) is 1.69. The molecule has 3 aromatic rings. The van der Waals surface area contributed by atoms with Gasteiger partial charge in [0.25, 0.3) is 0 Å². The highest BCUT2D eigenvalue weighted by atomic mass is 19.1. The van der Waals surface area contributed by atoms with Crippen molar-refractivity contribution >= 4 is 17.6 Å². The van der Waals surface area contributed by atoms with E-state index in [1.807, 2.05) is 6.07 Å². The minimum atomic E-state index is -1.05. The van der Waals surface area contributed by atoms with Gasteiger partial charge in [0.2, 0.25) is 5.91 Å². The Morgan fingerprint density at radius 3 is 2.29 bits per heavy atom. The third kappa shape index (κ3) is 4.01. The summed E-state index contributed by atoms with van der Waals surface area (Å²) in [5.41, 5.74) is -0.323. The standard InChI is InChI=1S/C24H17F2N3O2/c1-24(18-7-3-2-4-8-18)14-21(30)29(23(31)28-24)22-19(25)12-17(13-20(22)26)10-9-16-6-5-11-27-15-16/h2-8,11-13,15H,14H2,1H3,(H,28,31)/t24-/m1/s1. The van der Waals surface area contributed by atoms with Crippen LogP contribution in [0.15, 0.2) is 67.0 Å². The fourth-order valence-electron chi connectivity index (χ4n) is 3.47. The molecule has 0 bridgehead atoms. The van der Waals surface area contributed by atoms with Crippen LogP contribution < -0.4 is 10.2 Å². The fourth-order valence-corrected chi connectivity index (χ4v) is 3.47. The summed E-state index contributed by atoms with van der Waals surface area (Å²) in [7, 11) is 0. The minimum absolute atomic E-state index is 0.0709. The van der Waals surface area contributed by atoms with Crippen LogP contribution in [0.2, 0.25) is 0 Å². The Morgan fingerprint density at radius 2 is 1.68 bits per heavy atom. The van der Waals surface area contributed by atoms with E-state index in [1.54, 1.807) is 49.5 Å². The van der Waals surface area contributed by atoms with E-state index in [9.17, 15) is 18.4 Å². The smallest absolute Gasteiger partial charge is 0.328 e. The van der Waals surface area contributed by atoms with Crippen LogP contribution in [0.3, 0.4) is 0 Å². The van der Waals surface area contributed by atoms with Crippen LogP contribution in [0.4, 0.5) is 19.3 Å². The summed E-state index contributed by atoms with van der Waals surface area (Å²) in [6, 6.07) is 13.4. The molecule has 7 heteroatoms. The SMILES string of the molecule is C[C@]1(c2ccccc2)CC(=O)N(c2c(F)cc(C#Cc3cccnc3)cc2F)C(=O)N1. The number of carbonyl (C=O) groups excluding carboxylic acids is 2. The second kappa shape index (κ2) is 8.00. The molecule has 0 spiro atoms. The summed E-state index contributed by atoms with van der Waals surface area (Å²) in [5.74, 6) is 2.60. The van der Waals surface area contributed by atoms with E-state index in [1.165, 1.54) is 6.20 Å². The quantitative estimate of drug-likeness (QED) is 0.638. The van der Waals surface area contributed by atoms with Crippen LogP contribution in [0, 0.1) is 23.5 Å². The number of nitrogens with zero attached hydrogens (tertiary/aromatic N) is 2. The zero-order valence-electron chi connectivity index (χ0n) is 16.5. The van der Waals surface area contributed by atoms with Gasteiger partial charge in [0.1, 0.15) is 5.69 Å². The monoisotopic (exact) mass is 417 g/mol. The van der Waals surface area contributed by atoms with E-state index in [-0.39, 0.29) is 12.0 Å². The van der Waals surface area contributed by atoms with E-state index in [4.69, 9.17) is 0 Å². The molecule has 4 rings (SSSR count). The number of hydrogen-bond acceptors (Lipinski definition) is 3. The van der Waals surface area contributed by atoms with Crippen molar-refractivity contribution in [2.24, 2.45) is 0 Å². The van der Waals surface area contributed by atoms with Gasteiger partial charge in [0.15, 0.2) is 11.6 Å². The summed E-state index contributed by atoms with van der Waals surface area (Å²) in [6.07, 6.45) is 2.96. The maximum atomic E-state index is 14.8. The maximum Gasteiger partial charge on any atom is 0.329 e. The van der Waals surface area contributed by atoms with Gasteiger partial charge in [0, 0.05) is 23.5 Å². The number of benzene rings is 2. The van der Waals surface area contributed by atoms with Crippen molar-refractivity contribution in [1.82, 2.24) is 10.3 Å². The number of amides is 3. The van der Waals surface area contributed by atoms with Crippen LogP contribution in [-0.4, -0.2) is 16.9 Å². The van der Waals surface area contributed by atoms with Crippen molar-refractivity contribution in [2.75, 3.05) is 4.90 Å². The van der Waals surface area contributed by atoms with Gasteiger partial charge in [-0.2, -0.15) is 0 Å². The molecule has 2 heterocycles. The third-order valence-corrected chi connectivity index (χ3v) is 5.00. The van der Waals surface area contributed by atoms with Gasteiger partial charge in [-0.1, -0.05) is 42.2 Å². The van der Waals surface area contributed by atoms with Crippen LogP contribution in [0.25, 0.3) is 0 Å². The van der Waals surface area contributed by atoms with Crippen molar-refractivity contribution in [3.63, 3.8) is 0 Å². The van der Waals surface area contributed by atoms with Crippen molar-refractivity contribution in [1.29, 1.82) is 0 Å². The second-order valence-electron chi connectivity index (χ2n) is 7.31. The Balaban J connectivity index is 1.64. The first-order valence-corrected chi connectivity index (χ1v) is 9.49. The predicted molar refractivity (Wildman–Crippen MR) is 111 cm³/mol. The number of hydrogen-bond donors (Lipinski definition) is 1. The van der Waals surface area contributed by atoms with Gasteiger partial charge < -0.3 is 5.32 Å². The first kappa shape index (κ1) is 20.2. The van der Waals surface area contributed by atoms with Crippen molar-refractivity contribution < 1.29 is 18.4 Å². The molecule has 1 atom stereocenters. The molecule has 0 aliphatic carbocycles. The van der Waals surface area contributed by atoms with Crippen LogP contribution >= 0.6 is 0 Å². The minimum Gasteiger partial charge on any atom is -0.328 e. The highest BCUT2D eigenvalue weighted by Gasteiger charge is 2.43. The van der Waals surface area contributed by atoms with E-state index >= 15 is 0 Å². The number of pyridine rings is 1. The van der Waals surface area contributed by atoms with Crippen LogP contribution in [0.5, 0.6) is 0 Å². The predicted octanol–water partition coefficient (Wildman–Crippen LogP) is 4.12. The summed E-state index contributed by atoms with van der Waals surface area (Å²) >= 11 is 0. The maximum absolute atomic E-state index is 14.8. The Bertz CT molecular complexity index is 1180. The molecule has 1 saturated heterocycles. The molecular weight excluding hydrogens is 400 g/mol. The topological polar surface area (TPSA) is 62.3 Å². The zero-order valence-corrected chi connectivity index (χ0v) is 16.5. The molecule has 154 valence electrons. The van der Waals surface area contributed by atoms with Gasteiger partial charge in [-0.3, -0.25) is 9.78 Å². The fraction of sp³-hybridized carbons (Fsp3) is 0.125. The average Bonchev–Trinajstić information content (AvgIpc) is 2.75. The van der Waals surface area contributed by atoms with E-state index in [0.717, 1.165) is 17.7 Å². The number of imide groups is 1. The molecule has 0 unspecified atom stereocenters. The van der Waals surface area contributed by atoms with Crippen molar-refractivity contribution in [2.45, 2.75) is 18.9 Å². The molecule has 2 aromatic carbocycles. The van der Waals surface area contributed by atoms with Crippen molar-refractivity contribution in [3.8, 4) is 11.8 Å². The van der Waals surface area contributed by atoms with Crippen LogP contribution in [-0.2, 0) is 10.3 Å². The molecule has 0 radical (unpaired) electrons. The Kier molecular flexibility index (Phi) is 5.22. The molecule has 1 aromatic heterocycles. The van der Waals surface area contributed by atoms with Gasteiger partial charge >= 0.3 is 6.03 Å². The molecule has 1 fully saturated rings. The zero-order chi connectivity index (χ0) is 22.0. The average molecular weight is 417 g/mol. The third-order valence-electron chi connectivity index (χ3n) is 5.00. The number of anilines is 1. The van der Waals surface area contributed by atoms with E-state index in [0.29, 0.717) is 10.5 Å². The van der Waals surface area contributed by atoms with E-state index in [2.05, 4.69) is 22.1 Å². The van der Waals surface area contributed by atoms with Crippen LogP contribution in [0.1, 0.15) is 30.0 Å². The molecule has 1 N–H and O–H groups in total. The lowest BCUT2D eigenvalue weighted by Crippen LogP contribution is -2.59. The van der Waals surface area contributed by atoms with Gasteiger partial charge in [-0.25, -0.2) is 18.5 Å². The molecule has 0 saturated carbocycles. The molecule has 31 heavy (non-hydrogen) atoms. The summed E-state index contributed by atoms with van der Waals surface area (Å²) in [4.78, 5) is 29.9. The lowest BCUT2D eigenvalue weighted by atomic mass is 9.86. The first-order chi connectivity index (χ1) is 14.9.